The van der Waals surface area contributed by atoms with Gasteiger partial charge < -0.3 is 5.11 Å². The minimum Gasteiger partial charge on any atom is -0.506 e. The van der Waals surface area contributed by atoms with Gasteiger partial charge >= 0.3 is 0 Å². The van der Waals surface area contributed by atoms with E-state index in [4.69, 9.17) is 10.5 Å². The number of hydrogen-bond donors (Lipinski definition) is 2. The number of nitrogens with one attached hydrogen (secondary N) is 1. The van der Waals surface area contributed by atoms with E-state index in [2.05, 4.69) is 4.99 Å². The summed E-state index contributed by atoms with van der Waals surface area (Å²) in [5, 5.41) is 15.2. The fourth-order valence-electron chi connectivity index (χ4n) is 0.350. The van der Waals surface area contributed by atoms with E-state index in [-0.39, 0.29) is 11.6 Å². The summed E-state index contributed by atoms with van der Waals surface area (Å²) in [6, 6.07) is 0. The maximum absolute atomic E-state index is 8.47. The number of allylic oxidation sites excluding steroid dienone is 1. The van der Waals surface area contributed by atoms with Crippen LogP contribution in [0.2, 0.25) is 0 Å². The van der Waals surface area contributed by atoms with Crippen molar-refractivity contribution < 1.29 is 5.11 Å². The molecule has 3 nitrogen and oxygen atoms in total. The molecule has 0 saturated heterocycles. The highest BCUT2D eigenvalue weighted by atomic mass is 16.3. The van der Waals surface area contributed by atoms with Crippen LogP contribution in [0.3, 0.4) is 0 Å². The van der Waals surface area contributed by atoms with E-state index in [9.17, 15) is 0 Å². The van der Waals surface area contributed by atoms with E-state index in [1.54, 1.807) is 0 Å². The Kier molecular flexibility index (Phi) is 0.685. The van der Waals surface area contributed by atoms with Crippen LogP contribution in [0.4, 0.5) is 0 Å². The van der Waals surface area contributed by atoms with Gasteiger partial charge in [0, 0.05) is 6.08 Å². The Morgan fingerprint density at radius 1 is 1.71 bits per heavy atom. The van der Waals surface area contributed by atoms with Gasteiger partial charge in [0.2, 0.25) is 0 Å². The first kappa shape index (κ1) is 4.05. The van der Waals surface area contributed by atoms with Crippen LogP contribution in [0.15, 0.2) is 16.8 Å². The summed E-state index contributed by atoms with van der Waals surface area (Å²) in [5.74, 6) is 0.169. The van der Waals surface area contributed by atoms with E-state index >= 15 is 0 Å². The third-order valence-corrected chi connectivity index (χ3v) is 0.621. The molecule has 0 radical (unpaired) electrons. The molecule has 0 fully saturated rings. The normalized spacial score (nSPS) is 17.7. The fourth-order valence-corrected chi connectivity index (χ4v) is 0.350. The summed E-state index contributed by atoms with van der Waals surface area (Å²) < 4.78 is 0. The third kappa shape index (κ3) is 0.652. The molecule has 1 heterocycles. The van der Waals surface area contributed by atoms with Crippen molar-refractivity contribution in [1.82, 2.24) is 0 Å². The molecule has 0 amide bonds. The summed E-state index contributed by atoms with van der Waals surface area (Å²) in [6.07, 6.45) is 2.52. The van der Waals surface area contributed by atoms with Crippen molar-refractivity contribution in [3.05, 3.63) is 11.8 Å². The molecule has 0 unspecified atom stereocenters. The Morgan fingerprint density at radius 2 is 2.43 bits per heavy atom. The van der Waals surface area contributed by atoms with Gasteiger partial charge in [0.25, 0.3) is 0 Å². The number of amidine groups is 1. The van der Waals surface area contributed by atoms with Gasteiger partial charge in [-0.15, -0.1) is 0 Å². The number of nitrogens with zero attached hydrogens (tertiary/aromatic N) is 1. The van der Waals surface area contributed by atoms with Crippen LogP contribution in [0.1, 0.15) is 0 Å². The third-order valence-electron chi connectivity index (χ3n) is 0.621. The van der Waals surface area contributed by atoms with Crippen molar-refractivity contribution in [3.63, 3.8) is 0 Å². The van der Waals surface area contributed by atoms with Crippen LogP contribution in [-0.2, 0) is 0 Å². The number of aliphatic hydroxyl groups excluding tert-OH is 1. The van der Waals surface area contributed by atoms with Crippen LogP contribution < -0.4 is 0 Å². The molecule has 0 aliphatic carbocycles. The predicted octanol–water partition coefficient (Wildman–Crippen LogP) is 0.490. The van der Waals surface area contributed by atoms with Gasteiger partial charge in [-0.3, -0.25) is 5.41 Å². The zero-order valence-electron chi connectivity index (χ0n) is 3.55. The van der Waals surface area contributed by atoms with Crippen LogP contribution in [0.5, 0.6) is 0 Å². The molecule has 1 aliphatic rings. The van der Waals surface area contributed by atoms with Gasteiger partial charge in [-0.25, -0.2) is 4.99 Å². The van der Waals surface area contributed by atoms with Crippen molar-refractivity contribution in [3.8, 4) is 0 Å². The molecule has 1 rings (SSSR count). The summed E-state index contributed by atoms with van der Waals surface area (Å²) >= 11 is 0. The topological polar surface area (TPSA) is 56.4 Å². The van der Waals surface area contributed by atoms with Gasteiger partial charge in [-0.05, 0) is 0 Å². The number of hydrogen-bond acceptors (Lipinski definition) is 2. The standard InChI is InChI=1S/C4H4N2O/c5-4-1-3(7)2-6-4/h1-2,5,7H. The average molecular weight is 96.1 g/mol. The van der Waals surface area contributed by atoms with Gasteiger partial charge in [0.15, 0.2) is 0 Å². The van der Waals surface area contributed by atoms with E-state index in [1.807, 2.05) is 0 Å². The molecular weight excluding hydrogens is 92.1 g/mol. The molecule has 2 N–H and O–H groups in total. The quantitative estimate of drug-likeness (QED) is 0.453. The lowest BCUT2D eigenvalue weighted by atomic mass is 10.5. The lowest BCUT2D eigenvalue weighted by molar-refractivity contribution is 0.449. The highest BCUT2D eigenvalue weighted by molar-refractivity contribution is 6.06. The van der Waals surface area contributed by atoms with Gasteiger partial charge in [0.05, 0.1) is 6.21 Å². The van der Waals surface area contributed by atoms with Crippen LogP contribution in [0.25, 0.3) is 0 Å². The SMILES string of the molecule is N=C1C=C(O)C=N1. The summed E-state index contributed by atoms with van der Waals surface area (Å²) in [4.78, 5) is 3.43. The number of aliphatic imine (C=N–C) groups is 1. The monoisotopic (exact) mass is 96.0 g/mol. The van der Waals surface area contributed by atoms with Crippen molar-refractivity contribution in [2.75, 3.05) is 0 Å². The molecule has 0 saturated carbocycles. The van der Waals surface area contributed by atoms with Crippen molar-refractivity contribution in [2.45, 2.75) is 0 Å². The van der Waals surface area contributed by atoms with Crippen molar-refractivity contribution >= 4 is 12.1 Å². The van der Waals surface area contributed by atoms with Crippen LogP contribution in [-0.4, -0.2) is 17.2 Å². The lowest BCUT2D eigenvalue weighted by Gasteiger charge is -1.72. The zero-order chi connectivity index (χ0) is 5.28. The molecule has 0 aromatic carbocycles. The maximum Gasteiger partial charge on any atom is 0.148 e. The van der Waals surface area contributed by atoms with Crippen molar-refractivity contribution in [2.24, 2.45) is 4.99 Å². The molecule has 0 bridgehead atoms. The minimum absolute atomic E-state index is 0.0602. The minimum atomic E-state index is 0.0602. The highest BCUT2D eigenvalue weighted by Crippen LogP contribution is 1.93. The summed E-state index contributed by atoms with van der Waals surface area (Å²) in [5.41, 5.74) is 0. The Labute approximate surface area is 40.5 Å². The van der Waals surface area contributed by atoms with Gasteiger partial charge in [-0.2, -0.15) is 0 Å². The molecular formula is C4H4N2O. The van der Waals surface area contributed by atoms with Crippen molar-refractivity contribution in [1.29, 1.82) is 5.41 Å². The molecule has 36 valence electrons. The Bertz CT molecular complexity index is 157. The molecule has 1 aliphatic heterocycles. The zero-order valence-corrected chi connectivity index (χ0v) is 3.55. The Hall–Kier alpha value is -1.12. The summed E-state index contributed by atoms with van der Waals surface area (Å²) in [6.45, 7) is 0. The number of aliphatic hydroxyl groups is 1. The molecule has 3 heteroatoms. The average Bonchev–Trinajstić information content (AvgIpc) is 1.87. The molecule has 0 aromatic rings. The Morgan fingerprint density at radius 3 is 2.57 bits per heavy atom. The summed E-state index contributed by atoms with van der Waals surface area (Å²) in [7, 11) is 0. The second-order valence-corrected chi connectivity index (χ2v) is 1.21. The van der Waals surface area contributed by atoms with E-state index < -0.39 is 0 Å². The molecule has 0 atom stereocenters. The molecule has 7 heavy (non-hydrogen) atoms. The molecule has 0 spiro atoms. The van der Waals surface area contributed by atoms with Gasteiger partial charge in [-0.1, -0.05) is 0 Å². The predicted molar refractivity (Wildman–Crippen MR) is 26.9 cm³/mol. The number of rotatable bonds is 0. The van der Waals surface area contributed by atoms with E-state index in [0.29, 0.717) is 0 Å². The fraction of sp³-hybridized carbons (Fsp3) is 0. The molecule has 0 aromatic heterocycles. The largest absolute Gasteiger partial charge is 0.506 e. The first-order valence-corrected chi connectivity index (χ1v) is 1.82. The Balaban J connectivity index is 2.88. The highest BCUT2D eigenvalue weighted by Gasteiger charge is 1.97. The second-order valence-electron chi connectivity index (χ2n) is 1.21. The van der Waals surface area contributed by atoms with Crippen LogP contribution in [0, 0.1) is 5.41 Å². The first-order chi connectivity index (χ1) is 3.29. The second kappa shape index (κ2) is 1.18. The van der Waals surface area contributed by atoms with Gasteiger partial charge in [0.1, 0.15) is 11.6 Å². The van der Waals surface area contributed by atoms with Crippen LogP contribution >= 0.6 is 0 Å². The lowest BCUT2D eigenvalue weighted by Crippen LogP contribution is -1.74. The smallest absolute Gasteiger partial charge is 0.148 e. The maximum atomic E-state index is 8.47. The van der Waals surface area contributed by atoms with E-state index in [1.165, 1.54) is 12.3 Å². The first-order valence-electron chi connectivity index (χ1n) is 1.82. The van der Waals surface area contributed by atoms with E-state index in [0.717, 1.165) is 0 Å².